The number of nitrogens with one attached hydrogen (secondary N) is 1. The van der Waals surface area contributed by atoms with Crippen LogP contribution in [0.4, 0.5) is 0 Å². The Morgan fingerprint density at radius 2 is 1.67 bits per heavy atom. The summed E-state index contributed by atoms with van der Waals surface area (Å²) >= 11 is 0. The second-order valence-corrected chi connectivity index (χ2v) is 13.1. The Hall–Kier alpha value is -4.25. The third-order valence-corrected chi connectivity index (χ3v) is 9.95. The Bertz CT molecular complexity index is 1800. The summed E-state index contributed by atoms with van der Waals surface area (Å²) < 4.78 is 0. The van der Waals surface area contributed by atoms with Crippen LogP contribution < -0.4 is 11.1 Å². The van der Waals surface area contributed by atoms with Crippen LogP contribution in [0.25, 0.3) is 21.9 Å². The molecule has 2 unspecified atom stereocenters. The average Bonchev–Trinajstić information content (AvgIpc) is 2.97. The maximum absolute atomic E-state index is 14.2. The number of hydrogen-bond donors (Lipinski definition) is 4. The number of phenols is 1. The lowest BCUT2D eigenvalue weighted by molar-refractivity contribution is -0.181. The molecule has 0 heterocycles. The molecule has 0 aromatic heterocycles. The molecule has 1 amide bonds. The lowest BCUT2D eigenvalue weighted by atomic mass is 9.52. The van der Waals surface area contributed by atoms with Crippen LogP contribution in [0.5, 0.6) is 5.75 Å². The molecule has 0 bridgehead atoms. The molecule has 0 radical (unpaired) electrons. The molecule has 2 saturated carbocycles. The maximum Gasteiger partial charge on any atom is 0.235 e. The van der Waals surface area contributed by atoms with E-state index >= 15 is 0 Å². The Morgan fingerprint density at radius 1 is 1.00 bits per heavy atom. The van der Waals surface area contributed by atoms with Crippen molar-refractivity contribution in [3.63, 3.8) is 0 Å². The van der Waals surface area contributed by atoms with Gasteiger partial charge >= 0.3 is 0 Å². The third-order valence-electron chi connectivity index (χ3n) is 9.95. The van der Waals surface area contributed by atoms with Crippen LogP contribution >= 0.6 is 0 Å². The van der Waals surface area contributed by atoms with Gasteiger partial charge in [-0.1, -0.05) is 56.3 Å². The van der Waals surface area contributed by atoms with Gasteiger partial charge in [-0.15, -0.1) is 0 Å². The number of likely N-dealkylation sites (N-methyl/N-ethyl adjacent to an activating group) is 1. The monoisotopic (exact) mass is 611 g/mol. The van der Waals surface area contributed by atoms with E-state index in [1.54, 1.807) is 20.2 Å². The predicted octanol–water partition coefficient (Wildman–Crippen LogP) is 2.19. The zero-order chi connectivity index (χ0) is 32.5. The molecule has 0 spiro atoms. The van der Waals surface area contributed by atoms with E-state index in [-0.39, 0.29) is 24.2 Å². The number of hydrogen-bond acceptors (Lipinski definition) is 9. The highest BCUT2D eigenvalue weighted by molar-refractivity contribution is 6.32. The van der Waals surface area contributed by atoms with Crippen LogP contribution in [-0.4, -0.2) is 75.9 Å². The predicted molar refractivity (Wildman–Crippen MR) is 166 cm³/mol. The molecule has 3 aliphatic rings. The van der Waals surface area contributed by atoms with Gasteiger partial charge in [0.2, 0.25) is 5.91 Å². The van der Waals surface area contributed by atoms with Crippen LogP contribution in [0.15, 0.2) is 48.5 Å². The summed E-state index contributed by atoms with van der Waals surface area (Å²) in [5, 5.41) is 28.3. The minimum Gasteiger partial charge on any atom is -0.507 e. The molecular weight excluding hydrogens is 574 g/mol. The zero-order valence-electron chi connectivity index (χ0n) is 25.7. The van der Waals surface area contributed by atoms with Crippen molar-refractivity contribution in [2.75, 3.05) is 14.1 Å². The van der Waals surface area contributed by atoms with Crippen molar-refractivity contribution >= 4 is 39.8 Å². The number of ketones is 4. The minimum absolute atomic E-state index is 0.000448. The average molecular weight is 612 g/mol. The number of benzene rings is 3. The SMILES string of the molecule is CC(C)NCc1ccc(-c2ccc(O)c3c2C[C@H]2C[C@H]4[C@H](N(C)C)C(=O)C(C(N)=O)C(=O)[C@@]4(O)C(=O)C2C3=O)c2ccccc12. The number of carbonyl (C=O) groups excluding carboxylic acids is 5. The van der Waals surface area contributed by atoms with Crippen molar-refractivity contribution in [2.24, 2.45) is 29.4 Å². The minimum atomic E-state index is -2.75. The van der Waals surface area contributed by atoms with Crippen molar-refractivity contribution in [2.45, 2.75) is 50.9 Å². The number of carbonyl (C=O) groups is 5. The molecule has 3 aromatic carbocycles. The fraction of sp³-hybridized carbons (Fsp3) is 0.400. The van der Waals surface area contributed by atoms with Gasteiger partial charge in [-0.3, -0.25) is 28.9 Å². The van der Waals surface area contributed by atoms with Crippen LogP contribution in [-0.2, 0) is 32.1 Å². The van der Waals surface area contributed by atoms with E-state index in [0.29, 0.717) is 18.2 Å². The summed E-state index contributed by atoms with van der Waals surface area (Å²) in [6.45, 7) is 4.83. The number of nitrogens with two attached hydrogens (primary N) is 1. The lowest BCUT2D eigenvalue weighted by Gasteiger charge is -2.52. The summed E-state index contributed by atoms with van der Waals surface area (Å²) in [5.74, 6) is -10.6. The van der Waals surface area contributed by atoms with E-state index in [1.165, 1.54) is 11.0 Å². The van der Waals surface area contributed by atoms with E-state index in [0.717, 1.165) is 27.5 Å². The smallest absolute Gasteiger partial charge is 0.235 e. The second kappa shape index (κ2) is 11.0. The Kier molecular flexibility index (Phi) is 7.50. The topological polar surface area (TPSA) is 167 Å². The molecule has 234 valence electrons. The Morgan fingerprint density at radius 3 is 2.31 bits per heavy atom. The molecule has 3 aromatic rings. The maximum atomic E-state index is 14.2. The van der Waals surface area contributed by atoms with Crippen LogP contribution in [0.2, 0.25) is 0 Å². The van der Waals surface area contributed by atoms with Crippen LogP contribution in [0.3, 0.4) is 0 Å². The molecule has 6 rings (SSSR count). The number of amides is 1. The van der Waals surface area contributed by atoms with E-state index in [9.17, 15) is 34.2 Å². The Balaban J connectivity index is 1.49. The summed E-state index contributed by atoms with van der Waals surface area (Å²) in [6, 6.07) is 14.4. The number of nitrogens with zero attached hydrogens (tertiary/aromatic N) is 1. The quantitative estimate of drug-likeness (QED) is 0.306. The van der Waals surface area contributed by atoms with Gasteiger partial charge in [0.1, 0.15) is 5.75 Å². The summed E-state index contributed by atoms with van der Waals surface area (Å²) in [7, 11) is 3.13. The van der Waals surface area contributed by atoms with Crippen molar-refractivity contribution < 1.29 is 34.2 Å². The largest absolute Gasteiger partial charge is 0.507 e. The Labute approximate surface area is 260 Å². The standard InChI is InChI=1S/C35H37N3O7/c1-16(2)37-15-17-9-10-21(20-8-6-5-7-19(17)20)22-11-12-25(39)27-23(22)13-18-14-24-29(38(3)4)31(41)28(34(36)44)33(43)35(24,45)32(42)26(18)30(27)40/h5-12,16,18,24,26,28-29,37,39,45H,13-15H2,1-4H3,(H2,36,44)/t18-,24-,26?,28?,29-,35-/m0/s1. The van der Waals surface area contributed by atoms with Gasteiger partial charge < -0.3 is 21.3 Å². The normalized spacial score (nSPS) is 27.9. The van der Waals surface area contributed by atoms with Crippen molar-refractivity contribution in [3.8, 4) is 16.9 Å². The number of aliphatic hydroxyl groups is 1. The number of rotatable bonds is 6. The molecule has 6 atom stereocenters. The molecule has 5 N–H and O–H groups in total. The van der Waals surface area contributed by atoms with Gasteiger partial charge in [-0.2, -0.15) is 0 Å². The summed E-state index contributed by atoms with van der Waals surface area (Å²) in [5.41, 5.74) is 5.91. The number of primary amides is 1. The number of Topliss-reactive ketones (excluding diaryl/α,β-unsaturated/α-hetero) is 4. The summed E-state index contributed by atoms with van der Waals surface area (Å²) in [4.78, 5) is 68.9. The van der Waals surface area contributed by atoms with Gasteiger partial charge in [-0.25, -0.2) is 0 Å². The lowest BCUT2D eigenvalue weighted by Crippen LogP contribution is -2.74. The van der Waals surface area contributed by atoms with E-state index in [4.69, 9.17) is 5.73 Å². The number of aromatic hydroxyl groups is 1. The van der Waals surface area contributed by atoms with Gasteiger partial charge in [0.05, 0.1) is 17.5 Å². The van der Waals surface area contributed by atoms with E-state index in [2.05, 4.69) is 19.2 Å². The first-order valence-electron chi connectivity index (χ1n) is 15.2. The second-order valence-electron chi connectivity index (χ2n) is 13.1. The molecule has 0 aliphatic heterocycles. The van der Waals surface area contributed by atoms with Crippen LogP contribution in [0, 0.1) is 23.7 Å². The summed E-state index contributed by atoms with van der Waals surface area (Å²) in [6.07, 6.45) is 0.195. The fourth-order valence-corrected chi connectivity index (χ4v) is 7.92. The van der Waals surface area contributed by atoms with E-state index in [1.807, 2.05) is 36.4 Å². The number of fused-ring (bicyclic) bond motifs is 4. The highest BCUT2D eigenvalue weighted by atomic mass is 16.3. The molecule has 0 saturated heterocycles. The molecular formula is C35H37N3O7. The molecule has 3 aliphatic carbocycles. The number of phenolic OH excluding ortho intramolecular Hbond substituents is 1. The fourth-order valence-electron chi connectivity index (χ4n) is 7.92. The van der Waals surface area contributed by atoms with Crippen molar-refractivity contribution in [1.82, 2.24) is 10.2 Å². The highest BCUT2D eigenvalue weighted by Crippen LogP contribution is 2.52. The van der Waals surface area contributed by atoms with Gasteiger partial charge in [0, 0.05) is 18.5 Å². The zero-order valence-corrected chi connectivity index (χ0v) is 25.7. The van der Waals surface area contributed by atoms with Crippen molar-refractivity contribution in [1.29, 1.82) is 0 Å². The first-order valence-corrected chi connectivity index (χ1v) is 15.2. The molecule has 45 heavy (non-hydrogen) atoms. The van der Waals surface area contributed by atoms with Gasteiger partial charge in [-0.05, 0) is 71.9 Å². The first kappa shape index (κ1) is 30.8. The molecule has 10 heteroatoms. The third kappa shape index (κ3) is 4.54. The molecule has 10 nitrogen and oxygen atoms in total. The van der Waals surface area contributed by atoms with Gasteiger partial charge in [0.25, 0.3) is 0 Å². The highest BCUT2D eigenvalue weighted by Gasteiger charge is 2.69. The van der Waals surface area contributed by atoms with Crippen molar-refractivity contribution in [3.05, 3.63) is 65.2 Å². The molecule has 2 fully saturated rings. The first-order chi connectivity index (χ1) is 21.3. The van der Waals surface area contributed by atoms with Gasteiger partial charge in [0.15, 0.2) is 34.7 Å². The van der Waals surface area contributed by atoms with E-state index < -0.39 is 64.4 Å². The van der Waals surface area contributed by atoms with Crippen LogP contribution in [0.1, 0.15) is 41.8 Å².